The summed E-state index contributed by atoms with van der Waals surface area (Å²) in [6.45, 7) is 2.27. The summed E-state index contributed by atoms with van der Waals surface area (Å²) in [5.74, 6) is -2.54. The Morgan fingerprint density at radius 2 is 1.50 bits per heavy atom. The Labute approximate surface area is 220 Å². The standard InChI is InChI=1S/C29H31F2NO6/c1-5-38-29(34)23(32-28(33)27-21(30)7-6-8-22(27)31)15-18-9-11-20(12-10-18)26-24(36-3)16-19(13-14-35-2)17-25(26)37-4/h6-12,16-17,23H,5,13-15H2,1-4H3,(H,32,33)/t23-/m0/s1. The highest BCUT2D eigenvalue weighted by Gasteiger charge is 2.26. The van der Waals surface area contributed by atoms with E-state index in [4.69, 9.17) is 18.9 Å². The maximum atomic E-state index is 14.1. The van der Waals surface area contributed by atoms with Gasteiger partial charge < -0.3 is 24.3 Å². The number of rotatable bonds is 12. The molecule has 202 valence electrons. The molecule has 1 N–H and O–H groups in total. The Morgan fingerprint density at radius 3 is 2.03 bits per heavy atom. The van der Waals surface area contributed by atoms with Crippen LogP contribution in [0.1, 0.15) is 28.4 Å². The molecule has 38 heavy (non-hydrogen) atoms. The van der Waals surface area contributed by atoms with Crippen LogP contribution in [-0.4, -0.2) is 52.5 Å². The topological polar surface area (TPSA) is 83.1 Å². The monoisotopic (exact) mass is 527 g/mol. The third-order valence-corrected chi connectivity index (χ3v) is 5.91. The van der Waals surface area contributed by atoms with Crippen molar-refractivity contribution in [3.63, 3.8) is 0 Å². The van der Waals surface area contributed by atoms with Gasteiger partial charge in [0.2, 0.25) is 0 Å². The Balaban J connectivity index is 1.87. The average molecular weight is 528 g/mol. The molecule has 0 bridgehead atoms. The van der Waals surface area contributed by atoms with Crippen LogP contribution < -0.4 is 14.8 Å². The van der Waals surface area contributed by atoms with E-state index in [0.29, 0.717) is 30.1 Å². The quantitative estimate of drug-likeness (QED) is 0.343. The number of carbonyl (C=O) groups is 2. The first-order chi connectivity index (χ1) is 18.3. The highest BCUT2D eigenvalue weighted by Crippen LogP contribution is 2.40. The minimum atomic E-state index is -1.16. The molecule has 0 saturated heterocycles. The van der Waals surface area contributed by atoms with Gasteiger partial charge in [-0.15, -0.1) is 0 Å². The van der Waals surface area contributed by atoms with Crippen molar-refractivity contribution in [3.05, 3.63) is 82.9 Å². The molecule has 0 aliphatic carbocycles. The molecule has 7 nitrogen and oxygen atoms in total. The van der Waals surface area contributed by atoms with Gasteiger partial charge in [0.05, 0.1) is 33.0 Å². The van der Waals surface area contributed by atoms with Gasteiger partial charge in [-0.25, -0.2) is 13.6 Å². The number of ether oxygens (including phenoxy) is 4. The number of hydrogen-bond donors (Lipinski definition) is 1. The SMILES string of the molecule is CCOC(=O)[C@H](Cc1ccc(-c2c(OC)cc(CCOC)cc2OC)cc1)NC(=O)c1c(F)cccc1F. The maximum Gasteiger partial charge on any atom is 0.328 e. The molecule has 3 rings (SSSR count). The number of halogens is 2. The molecule has 3 aromatic carbocycles. The molecule has 0 aliphatic heterocycles. The van der Waals surface area contributed by atoms with Crippen LogP contribution in [0.15, 0.2) is 54.6 Å². The van der Waals surface area contributed by atoms with Crippen LogP contribution in [0.3, 0.4) is 0 Å². The summed E-state index contributed by atoms with van der Waals surface area (Å²) >= 11 is 0. The Bertz CT molecular complexity index is 1220. The van der Waals surface area contributed by atoms with Gasteiger partial charge >= 0.3 is 5.97 Å². The summed E-state index contributed by atoms with van der Waals surface area (Å²) in [6, 6.07) is 13.1. The van der Waals surface area contributed by atoms with Gasteiger partial charge in [-0.3, -0.25) is 4.79 Å². The van der Waals surface area contributed by atoms with Crippen molar-refractivity contribution in [3.8, 4) is 22.6 Å². The lowest BCUT2D eigenvalue weighted by molar-refractivity contribution is -0.145. The van der Waals surface area contributed by atoms with Crippen LogP contribution >= 0.6 is 0 Å². The smallest absolute Gasteiger partial charge is 0.328 e. The van der Waals surface area contributed by atoms with Gasteiger partial charge in [0.15, 0.2) is 0 Å². The van der Waals surface area contributed by atoms with E-state index in [1.807, 2.05) is 24.3 Å². The van der Waals surface area contributed by atoms with Gasteiger partial charge in [-0.1, -0.05) is 30.3 Å². The van der Waals surface area contributed by atoms with Crippen molar-refractivity contribution in [2.75, 3.05) is 34.5 Å². The molecule has 0 radical (unpaired) electrons. The number of methoxy groups -OCH3 is 3. The van der Waals surface area contributed by atoms with Gasteiger partial charge in [0.1, 0.15) is 34.7 Å². The summed E-state index contributed by atoms with van der Waals surface area (Å²) < 4.78 is 49.7. The minimum absolute atomic E-state index is 0.0468. The average Bonchev–Trinajstić information content (AvgIpc) is 2.91. The summed E-state index contributed by atoms with van der Waals surface area (Å²) in [4.78, 5) is 25.2. The molecule has 1 amide bonds. The van der Waals surface area contributed by atoms with Gasteiger partial charge in [-0.05, 0) is 54.3 Å². The summed E-state index contributed by atoms with van der Waals surface area (Å²) in [6.07, 6.45) is 0.741. The lowest BCUT2D eigenvalue weighted by Gasteiger charge is -2.19. The Kier molecular flexibility index (Phi) is 10.2. The number of benzene rings is 3. The second-order valence-electron chi connectivity index (χ2n) is 8.39. The normalized spacial score (nSPS) is 11.5. The largest absolute Gasteiger partial charge is 0.496 e. The van der Waals surface area contributed by atoms with E-state index < -0.39 is 35.1 Å². The fraction of sp³-hybridized carbons (Fsp3) is 0.310. The molecule has 3 aromatic rings. The van der Waals surface area contributed by atoms with Crippen LogP contribution in [0.2, 0.25) is 0 Å². The molecule has 1 atom stereocenters. The van der Waals surface area contributed by atoms with E-state index in [1.165, 1.54) is 0 Å². The van der Waals surface area contributed by atoms with Crippen molar-refractivity contribution in [2.45, 2.75) is 25.8 Å². The van der Waals surface area contributed by atoms with Crippen molar-refractivity contribution >= 4 is 11.9 Å². The van der Waals surface area contributed by atoms with Crippen molar-refractivity contribution in [1.82, 2.24) is 5.32 Å². The van der Waals surface area contributed by atoms with Gasteiger partial charge in [-0.2, -0.15) is 0 Å². The van der Waals surface area contributed by atoms with Crippen LogP contribution in [0, 0.1) is 11.6 Å². The zero-order chi connectivity index (χ0) is 27.7. The fourth-order valence-electron chi connectivity index (χ4n) is 4.04. The van der Waals surface area contributed by atoms with E-state index in [1.54, 1.807) is 40.4 Å². The highest BCUT2D eigenvalue weighted by molar-refractivity contribution is 5.97. The third kappa shape index (κ3) is 6.86. The van der Waals surface area contributed by atoms with E-state index in [2.05, 4.69) is 5.32 Å². The van der Waals surface area contributed by atoms with Crippen LogP contribution in [0.25, 0.3) is 11.1 Å². The van der Waals surface area contributed by atoms with Gasteiger partial charge in [0, 0.05) is 13.5 Å². The Morgan fingerprint density at radius 1 is 0.895 bits per heavy atom. The molecular weight excluding hydrogens is 496 g/mol. The lowest BCUT2D eigenvalue weighted by atomic mass is 9.97. The van der Waals surface area contributed by atoms with Crippen molar-refractivity contribution < 1.29 is 37.3 Å². The molecule has 0 aliphatic rings. The molecule has 0 unspecified atom stereocenters. The number of carbonyl (C=O) groups excluding carboxylic acids is 2. The fourth-order valence-corrected chi connectivity index (χ4v) is 4.04. The van der Waals surface area contributed by atoms with E-state index in [0.717, 1.165) is 34.9 Å². The molecular formula is C29H31F2NO6. The molecule has 0 spiro atoms. The number of nitrogens with one attached hydrogen (secondary N) is 1. The molecule has 0 fully saturated rings. The first kappa shape index (κ1) is 28.6. The lowest BCUT2D eigenvalue weighted by Crippen LogP contribution is -2.44. The maximum absolute atomic E-state index is 14.1. The van der Waals surface area contributed by atoms with E-state index in [-0.39, 0.29) is 13.0 Å². The van der Waals surface area contributed by atoms with Crippen LogP contribution in [-0.2, 0) is 27.1 Å². The summed E-state index contributed by atoms with van der Waals surface area (Å²) in [7, 11) is 4.80. The van der Waals surface area contributed by atoms with Gasteiger partial charge in [0.25, 0.3) is 5.91 Å². The summed E-state index contributed by atoms with van der Waals surface area (Å²) in [5.41, 5.74) is 2.50. The second kappa shape index (κ2) is 13.5. The zero-order valence-electron chi connectivity index (χ0n) is 21.8. The third-order valence-electron chi connectivity index (χ3n) is 5.91. The highest BCUT2D eigenvalue weighted by atomic mass is 19.1. The second-order valence-corrected chi connectivity index (χ2v) is 8.39. The number of hydrogen-bond acceptors (Lipinski definition) is 6. The number of amides is 1. The van der Waals surface area contributed by atoms with Crippen LogP contribution in [0.5, 0.6) is 11.5 Å². The molecule has 0 saturated carbocycles. The van der Waals surface area contributed by atoms with Crippen LogP contribution in [0.4, 0.5) is 8.78 Å². The summed E-state index contributed by atoms with van der Waals surface area (Å²) in [5, 5.41) is 2.41. The molecule has 0 heterocycles. The van der Waals surface area contributed by atoms with E-state index in [9.17, 15) is 18.4 Å². The van der Waals surface area contributed by atoms with Crippen molar-refractivity contribution in [1.29, 1.82) is 0 Å². The minimum Gasteiger partial charge on any atom is -0.496 e. The predicted octanol–water partition coefficient (Wildman–Crippen LogP) is 4.74. The number of esters is 1. The zero-order valence-corrected chi connectivity index (χ0v) is 21.8. The predicted molar refractivity (Wildman–Crippen MR) is 139 cm³/mol. The molecule has 0 aromatic heterocycles. The van der Waals surface area contributed by atoms with Crippen molar-refractivity contribution in [2.24, 2.45) is 0 Å². The van der Waals surface area contributed by atoms with E-state index >= 15 is 0 Å². The Hall–Kier alpha value is -3.98. The molecule has 9 heteroatoms. The first-order valence-electron chi connectivity index (χ1n) is 12.1. The first-order valence-corrected chi connectivity index (χ1v) is 12.1.